The molecule has 1 aliphatic heterocycles. The monoisotopic (exact) mass is 345 g/mol. The fraction of sp³-hybridized carbons (Fsp3) is 0.222. The summed E-state index contributed by atoms with van der Waals surface area (Å²) in [7, 11) is 1.65. The van der Waals surface area contributed by atoms with Gasteiger partial charge in [0.1, 0.15) is 11.4 Å². The predicted octanol–water partition coefficient (Wildman–Crippen LogP) is 3.65. The minimum absolute atomic E-state index is 0.212. The van der Waals surface area contributed by atoms with Gasteiger partial charge in [0.15, 0.2) is 0 Å². The summed E-state index contributed by atoms with van der Waals surface area (Å²) in [5.41, 5.74) is 6.83. The highest BCUT2D eigenvalue weighted by Crippen LogP contribution is 2.38. The van der Waals surface area contributed by atoms with Crippen molar-refractivity contribution < 1.29 is 9.18 Å². The third-order valence-corrected chi connectivity index (χ3v) is 4.50. The lowest BCUT2D eigenvalue weighted by atomic mass is 9.98. The van der Waals surface area contributed by atoms with E-state index >= 15 is 0 Å². The van der Waals surface area contributed by atoms with Gasteiger partial charge in [-0.15, -0.1) is 0 Å². The Morgan fingerprint density at radius 2 is 1.88 bits per heavy atom. The molecule has 0 saturated carbocycles. The van der Waals surface area contributed by atoms with Crippen molar-refractivity contribution in [1.29, 1.82) is 0 Å². The first-order valence-electron chi connectivity index (χ1n) is 7.45. The van der Waals surface area contributed by atoms with Crippen LogP contribution in [0.2, 0.25) is 5.02 Å². The Kier molecular flexibility index (Phi) is 3.84. The van der Waals surface area contributed by atoms with Crippen LogP contribution in [0.15, 0.2) is 41.4 Å². The number of hydrogen-bond donors (Lipinski definition) is 1. The Morgan fingerprint density at radius 1 is 1.21 bits per heavy atom. The van der Waals surface area contributed by atoms with Gasteiger partial charge in [-0.1, -0.05) is 23.7 Å². The van der Waals surface area contributed by atoms with Crippen LogP contribution in [-0.2, 0) is 4.79 Å². The normalized spacial score (nSPS) is 16.5. The van der Waals surface area contributed by atoms with Crippen molar-refractivity contribution in [2.24, 2.45) is 4.99 Å². The molecule has 124 valence electrons. The maximum absolute atomic E-state index is 14.4. The second-order valence-electron chi connectivity index (χ2n) is 6.23. The number of nitrogens with two attached hydrogens (primary N) is 1. The Morgan fingerprint density at radius 3 is 2.54 bits per heavy atom. The number of likely N-dealkylation sites (N-methyl/N-ethyl adjacent to an activating group) is 1. The van der Waals surface area contributed by atoms with E-state index in [0.29, 0.717) is 22.6 Å². The average Bonchev–Trinajstić information content (AvgIpc) is 2.61. The summed E-state index contributed by atoms with van der Waals surface area (Å²) in [6.45, 7) is 3.38. The molecule has 1 aliphatic rings. The number of nitrogen functional groups attached to an aromatic ring is 1. The number of benzene rings is 2. The Hall–Kier alpha value is -2.40. The number of amides is 1. The van der Waals surface area contributed by atoms with Gasteiger partial charge in [-0.05, 0) is 38.1 Å². The van der Waals surface area contributed by atoms with E-state index in [1.165, 1.54) is 11.0 Å². The number of hydrogen-bond acceptors (Lipinski definition) is 3. The molecule has 4 nitrogen and oxygen atoms in total. The Bertz CT molecular complexity index is 877. The molecule has 3 rings (SSSR count). The topological polar surface area (TPSA) is 58.7 Å². The van der Waals surface area contributed by atoms with Crippen molar-refractivity contribution in [3.8, 4) is 0 Å². The van der Waals surface area contributed by atoms with Gasteiger partial charge in [-0.2, -0.15) is 0 Å². The first-order chi connectivity index (χ1) is 11.2. The summed E-state index contributed by atoms with van der Waals surface area (Å²) in [4.78, 5) is 18.8. The van der Waals surface area contributed by atoms with E-state index in [9.17, 15) is 9.18 Å². The molecule has 0 aliphatic carbocycles. The van der Waals surface area contributed by atoms with Crippen molar-refractivity contribution in [1.82, 2.24) is 0 Å². The van der Waals surface area contributed by atoms with Gasteiger partial charge < -0.3 is 10.6 Å². The van der Waals surface area contributed by atoms with Crippen molar-refractivity contribution in [2.45, 2.75) is 19.4 Å². The van der Waals surface area contributed by atoms with Gasteiger partial charge >= 0.3 is 0 Å². The third-order valence-electron chi connectivity index (χ3n) is 4.10. The van der Waals surface area contributed by atoms with Crippen LogP contribution in [0, 0.1) is 5.82 Å². The molecule has 2 N–H and O–H groups in total. The Balaban J connectivity index is 2.42. The minimum atomic E-state index is -1.07. The van der Waals surface area contributed by atoms with Crippen LogP contribution in [0.25, 0.3) is 0 Å². The summed E-state index contributed by atoms with van der Waals surface area (Å²) < 4.78 is 14.4. The molecule has 0 fully saturated rings. The smallest absolute Gasteiger partial charge is 0.254 e. The number of nitrogens with zero attached hydrogens (tertiary/aromatic N) is 2. The van der Waals surface area contributed by atoms with Gasteiger partial charge in [0.2, 0.25) is 0 Å². The number of aliphatic imine (C=N–C) groups is 1. The Labute approximate surface area is 144 Å². The van der Waals surface area contributed by atoms with Crippen molar-refractivity contribution in [2.75, 3.05) is 17.7 Å². The van der Waals surface area contributed by atoms with Crippen LogP contribution in [0.4, 0.5) is 15.8 Å². The molecule has 0 aromatic heterocycles. The molecule has 1 amide bonds. The van der Waals surface area contributed by atoms with Crippen LogP contribution in [-0.4, -0.2) is 24.2 Å². The zero-order valence-electron chi connectivity index (χ0n) is 13.6. The molecule has 6 heteroatoms. The summed E-state index contributed by atoms with van der Waals surface area (Å²) in [5, 5.41) is 0.256. The summed E-state index contributed by atoms with van der Waals surface area (Å²) in [6, 6.07) is 9.60. The molecular formula is C18H17ClFN3O. The lowest BCUT2D eigenvalue weighted by Gasteiger charge is -2.24. The zero-order valence-corrected chi connectivity index (χ0v) is 14.4. The number of anilines is 2. The highest BCUT2D eigenvalue weighted by molar-refractivity contribution is 6.39. The number of carbonyl (C=O) groups is 1. The van der Waals surface area contributed by atoms with E-state index in [1.54, 1.807) is 51.2 Å². The van der Waals surface area contributed by atoms with Crippen LogP contribution in [0.1, 0.15) is 25.0 Å². The summed E-state index contributed by atoms with van der Waals surface area (Å²) in [5.74, 6) is -0.649. The van der Waals surface area contributed by atoms with E-state index in [2.05, 4.69) is 4.99 Å². The van der Waals surface area contributed by atoms with Gasteiger partial charge in [0.25, 0.3) is 5.91 Å². The van der Waals surface area contributed by atoms with Gasteiger partial charge in [0, 0.05) is 18.2 Å². The van der Waals surface area contributed by atoms with Crippen molar-refractivity contribution in [3.63, 3.8) is 0 Å². The molecule has 0 radical (unpaired) electrons. The van der Waals surface area contributed by atoms with E-state index in [-0.39, 0.29) is 16.5 Å². The SMILES string of the molecule is CN1C(=O)C(C)(C)N=C(c2ccccc2F)c2c1ccc(N)c2Cl. The fourth-order valence-corrected chi connectivity index (χ4v) is 3.09. The number of benzodiazepines with no additional fused rings is 1. The zero-order chi connectivity index (χ0) is 17.6. The number of fused-ring (bicyclic) bond motifs is 1. The highest BCUT2D eigenvalue weighted by Gasteiger charge is 2.37. The second-order valence-corrected chi connectivity index (χ2v) is 6.60. The lowest BCUT2D eigenvalue weighted by Crippen LogP contribution is -2.41. The van der Waals surface area contributed by atoms with E-state index in [1.807, 2.05) is 0 Å². The summed E-state index contributed by atoms with van der Waals surface area (Å²) >= 11 is 6.42. The summed E-state index contributed by atoms with van der Waals surface area (Å²) in [6.07, 6.45) is 0. The fourth-order valence-electron chi connectivity index (χ4n) is 2.84. The van der Waals surface area contributed by atoms with E-state index < -0.39 is 11.4 Å². The standard InChI is InChI=1S/C18H17ClFN3O/c1-18(2)17(24)23(3)13-9-8-12(21)15(19)14(13)16(22-18)10-6-4-5-7-11(10)20/h4-9H,21H2,1-3H3. The van der Waals surface area contributed by atoms with Gasteiger partial charge in [-0.3, -0.25) is 9.79 Å². The van der Waals surface area contributed by atoms with Gasteiger partial charge in [0.05, 0.1) is 22.1 Å². The number of carbonyl (C=O) groups excluding carboxylic acids is 1. The maximum Gasteiger partial charge on any atom is 0.254 e. The molecule has 1 heterocycles. The number of rotatable bonds is 1. The van der Waals surface area contributed by atoms with E-state index in [0.717, 1.165) is 0 Å². The van der Waals surface area contributed by atoms with Gasteiger partial charge in [-0.25, -0.2) is 4.39 Å². The third kappa shape index (κ3) is 2.45. The number of halogens is 2. The maximum atomic E-state index is 14.4. The lowest BCUT2D eigenvalue weighted by molar-refractivity contribution is -0.122. The van der Waals surface area contributed by atoms with E-state index in [4.69, 9.17) is 17.3 Å². The molecule has 0 spiro atoms. The first-order valence-corrected chi connectivity index (χ1v) is 7.83. The largest absolute Gasteiger partial charge is 0.398 e. The van der Waals surface area contributed by atoms with Crippen LogP contribution >= 0.6 is 11.6 Å². The predicted molar refractivity (Wildman–Crippen MR) is 95.4 cm³/mol. The molecule has 2 aromatic rings. The quantitative estimate of drug-likeness (QED) is 0.802. The van der Waals surface area contributed by atoms with Crippen LogP contribution in [0.5, 0.6) is 0 Å². The van der Waals surface area contributed by atoms with Crippen LogP contribution < -0.4 is 10.6 Å². The minimum Gasteiger partial charge on any atom is -0.398 e. The van der Waals surface area contributed by atoms with Crippen LogP contribution in [0.3, 0.4) is 0 Å². The first kappa shape index (κ1) is 16.5. The molecular weight excluding hydrogens is 329 g/mol. The molecule has 24 heavy (non-hydrogen) atoms. The average molecular weight is 346 g/mol. The molecule has 0 bridgehead atoms. The molecule has 0 unspecified atom stereocenters. The van der Waals surface area contributed by atoms with Crippen molar-refractivity contribution >= 4 is 34.6 Å². The van der Waals surface area contributed by atoms with Crippen molar-refractivity contribution in [3.05, 3.63) is 58.4 Å². The molecule has 0 atom stereocenters. The molecule has 2 aromatic carbocycles. The highest BCUT2D eigenvalue weighted by atomic mass is 35.5. The second kappa shape index (κ2) is 5.60. The molecule has 0 saturated heterocycles.